The van der Waals surface area contributed by atoms with Crippen molar-refractivity contribution in [1.82, 2.24) is 4.98 Å². The van der Waals surface area contributed by atoms with Gasteiger partial charge in [-0.3, -0.25) is 0 Å². The molecule has 0 spiro atoms. The Morgan fingerprint density at radius 2 is 2.20 bits per heavy atom. The molecule has 0 bridgehead atoms. The molecule has 1 aromatic rings. The molecule has 1 aliphatic rings. The van der Waals surface area contributed by atoms with Gasteiger partial charge in [-0.05, 0) is 41.1 Å². The molecule has 0 saturated carbocycles. The molecule has 0 amide bonds. The predicted molar refractivity (Wildman–Crippen MR) is 69.6 cm³/mol. The first kappa shape index (κ1) is 11.4. The van der Waals surface area contributed by atoms with E-state index in [2.05, 4.69) is 52.0 Å². The van der Waals surface area contributed by atoms with E-state index >= 15 is 0 Å². The molecule has 0 aliphatic carbocycles. The molecule has 1 fully saturated rings. The summed E-state index contributed by atoms with van der Waals surface area (Å²) < 4.78 is 0.959. The maximum Gasteiger partial charge on any atom is 0.186 e. The molecular formula is C11H17BrN2S. The molecule has 84 valence electrons. The topological polar surface area (TPSA) is 16.1 Å². The number of rotatable bonds is 1. The molecule has 3 unspecified atom stereocenters. The van der Waals surface area contributed by atoms with Gasteiger partial charge in [0, 0.05) is 18.0 Å². The highest BCUT2D eigenvalue weighted by atomic mass is 79.9. The third-order valence-corrected chi connectivity index (χ3v) is 4.89. The van der Waals surface area contributed by atoms with E-state index in [1.165, 1.54) is 6.42 Å². The Balaban J connectivity index is 2.20. The fraction of sp³-hybridized carbons (Fsp3) is 0.727. The van der Waals surface area contributed by atoms with E-state index in [9.17, 15) is 0 Å². The van der Waals surface area contributed by atoms with E-state index in [1.807, 2.05) is 0 Å². The Morgan fingerprint density at radius 3 is 2.80 bits per heavy atom. The molecule has 2 nitrogen and oxygen atoms in total. The second-order valence-corrected chi connectivity index (χ2v) is 6.31. The lowest BCUT2D eigenvalue weighted by atomic mass is 9.86. The number of hydrogen-bond acceptors (Lipinski definition) is 3. The first-order valence-electron chi connectivity index (χ1n) is 5.45. The summed E-state index contributed by atoms with van der Waals surface area (Å²) in [5.41, 5.74) is 0. The van der Waals surface area contributed by atoms with Crippen LogP contribution in [-0.4, -0.2) is 17.6 Å². The van der Waals surface area contributed by atoms with Crippen molar-refractivity contribution < 1.29 is 0 Å². The van der Waals surface area contributed by atoms with E-state index < -0.39 is 0 Å². The maximum atomic E-state index is 4.51. The normalized spacial score (nSPS) is 32.0. The molecule has 2 heterocycles. The summed E-state index contributed by atoms with van der Waals surface area (Å²) in [4.78, 5) is 6.97. The van der Waals surface area contributed by atoms with Crippen molar-refractivity contribution in [2.75, 3.05) is 11.4 Å². The fourth-order valence-corrected chi connectivity index (χ4v) is 3.69. The Labute approximate surface area is 104 Å². The van der Waals surface area contributed by atoms with Gasteiger partial charge in [0.2, 0.25) is 0 Å². The monoisotopic (exact) mass is 288 g/mol. The van der Waals surface area contributed by atoms with E-state index in [0.29, 0.717) is 6.04 Å². The van der Waals surface area contributed by atoms with Crippen molar-refractivity contribution in [2.24, 2.45) is 11.8 Å². The minimum atomic E-state index is 0.610. The van der Waals surface area contributed by atoms with Crippen molar-refractivity contribution in [2.45, 2.75) is 33.2 Å². The largest absolute Gasteiger partial charge is 0.345 e. The molecule has 4 heteroatoms. The van der Waals surface area contributed by atoms with E-state index in [0.717, 1.165) is 28.1 Å². The predicted octanol–water partition coefficient (Wildman–Crippen LogP) is 3.78. The quantitative estimate of drug-likeness (QED) is 0.782. The number of nitrogens with zero attached hydrogens (tertiary/aromatic N) is 2. The van der Waals surface area contributed by atoms with Gasteiger partial charge in [0.25, 0.3) is 0 Å². The third-order valence-electron chi connectivity index (χ3n) is 3.31. The van der Waals surface area contributed by atoms with Crippen LogP contribution in [0.25, 0.3) is 0 Å². The standard InChI is InChI=1S/C11H17BrN2S/c1-7-4-8(2)9(3)14(5-7)11-13-10(12)6-15-11/h6-9H,4-5H2,1-3H3. The van der Waals surface area contributed by atoms with Crippen LogP contribution in [0.15, 0.2) is 9.98 Å². The smallest absolute Gasteiger partial charge is 0.186 e. The van der Waals surface area contributed by atoms with Crippen molar-refractivity contribution in [3.8, 4) is 0 Å². The molecule has 1 saturated heterocycles. The number of anilines is 1. The zero-order chi connectivity index (χ0) is 11.0. The van der Waals surface area contributed by atoms with Gasteiger partial charge >= 0.3 is 0 Å². The number of halogens is 1. The van der Waals surface area contributed by atoms with Crippen molar-refractivity contribution >= 4 is 32.4 Å². The molecule has 1 aromatic heterocycles. The molecule has 1 aliphatic heterocycles. The van der Waals surface area contributed by atoms with Gasteiger partial charge in [-0.2, -0.15) is 0 Å². The minimum Gasteiger partial charge on any atom is -0.345 e. The van der Waals surface area contributed by atoms with Gasteiger partial charge in [-0.1, -0.05) is 13.8 Å². The molecule has 0 radical (unpaired) electrons. The maximum absolute atomic E-state index is 4.51. The summed E-state index contributed by atoms with van der Waals surface area (Å²) in [5.74, 6) is 1.54. The summed E-state index contributed by atoms with van der Waals surface area (Å²) in [6.45, 7) is 8.13. The highest BCUT2D eigenvalue weighted by Gasteiger charge is 2.30. The summed E-state index contributed by atoms with van der Waals surface area (Å²) in [5, 5.41) is 3.22. The van der Waals surface area contributed by atoms with Gasteiger partial charge < -0.3 is 4.90 Å². The molecule has 2 rings (SSSR count). The van der Waals surface area contributed by atoms with Crippen LogP contribution in [-0.2, 0) is 0 Å². The Bertz CT molecular complexity index is 339. The summed E-state index contributed by atoms with van der Waals surface area (Å²) in [6, 6.07) is 0.610. The number of aromatic nitrogens is 1. The number of piperidine rings is 1. The Morgan fingerprint density at radius 1 is 1.47 bits per heavy atom. The van der Waals surface area contributed by atoms with Crippen LogP contribution in [0, 0.1) is 11.8 Å². The first-order valence-corrected chi connectivity index (χ1v) is 7.13. The molecule has 3 atom stereocenters. The summed E-state index contributed by atoms with van der Waals surface area (Å²) in [6.07, 6.45) is 1.34. The third kappa shape index (κ3) is 2.36. The van der Waals surface area contributed by atoms with Crippen molar-refractivity contribution in [3.63, 3.8) is 0 Å². The summed E-state index contributed by atoms with van der Waals surface area (Å²) >= 11 is 5.15. The Hall–Kier alpha value is -0.0900. The SMILES string of the molecule is CC1CC(C)C(C)N(c2nc(Br)cs2)C1. The van der Waals surface area contributed by atoms with Crippen LogP contribution in [0.5, 0.6) is 0 Å². The lowest BCUT2D eigenvalue weighted by Gasteiger charge is -2.41. The van der Waals surface area contributed by atoms with Crippen LogP contribution < -0.4 is 4.90 Å². The minimum absolute atomic E-state index is 0.610. The highest BCUT2D eigenvalue weighted by Crippen LogP contribution is 2.33. The zero-order valence-corrected chi connectivity index (χ0v) is 11.8. The van der Waals surface area contributed by atoms with Gasteiger partial charge in [-0.25, -0.2) is 4.98 Å². The average Bonchev–Trinajstić information content (AvgIpc) is 2.58. The van der Waals surface area contributed by atoms with Crippen molar-refractivity contribution in [1.29, 1.82) is 0 Å². The highest BCUT2D eigenvalue weighted by molar-refractivity contribution is 9.10. The van der Waals surface area contributed by atoms with Crippen LogP contribution in [0.1, 0.15) is 27.2 Å². The lowest BCUT2D eigenvalue weighted by Crippen LogP contribution is -2.45. The van der Waals surface area contributed by atoms with E-state index in [1.54, 1.807) is 11.3 Å². The van der Waals surface area contributed by atoms with Crippen molar-refractivity contribution in [3.05, 3.63) is 9.98 Å². The van der Waals surface area contributed by atoms with Gasteiger partial charge in [0.15, 0.2) is 5.13 Å². The fourth-order valence-electron chi connectivity index (χ4n) is 2.35. The van der Waals surface area contributed by atoms with Crippen LogP contribution in [0.3, 0.4) is 0 Å². The van der Waals surface area contributed by atoms with Gasteiger partial charge in [0.1, 0.15) is 4.60 Å². The Kier molecular flexibility index (Phi) is 3.36. The molecule has 15 heavy (non-hydrogen) atoms. The molecule has 0 N–H and O–H groups in total. The van der Waals surface area contributed by atoms with E-state index in [-0.39, 0.29) is 0 Å². The number of thiazole rings is 1. The molecular weight excluding hydrogens is 272 g/mol. The lowest BCUT2D eigenvalue weighted by molar-refractivity contribution is 0.297. The van der Waals surface area contributed by atoms with Crippen LogP contribution in [0.4, 0.5) is 5.13 Å². The van der Waals surface area contributed by atoms with Crippen LogP contribution in [0.2, 0.25) is 0 Å². The summed E-state index contributed by atoms with van der Waals surface area (Å²) in [7, 11) is 0. The first-order chi connectivity index (χ1) is 7.08. The average molecular weight is 289 g/mol. The zero-order valence-electron chi connectivity index (χ0n) is 9.40. The second-order valence-electron chi connectivity index (χ2n) is 4.66. The van der Waals surface area contributed by atoms with Gasteiger partial charge in [-0.15, -0.1) is 11.3 Å². The number of hydrogen-bond donors (Lipinski definition) is 0. The van der Waals surface area contributed by atoms with E-state index in [4.69, 9.17) is 0 Å². The molecule has 0 aromatic carbocycles. The second kappa shape index (κ2) is 4.42. The van der Waals surface area contributed by atoms with Crippen LogP contribution >= 0.6 is 27.3 Å². The van der Waals surface area contributed by atoms with Gasteiger partial charge in [0.05, 0.1) is 0 Å².